The van der Waals surface area contributed by atoms with Gasteiger partial charge >= 0.3 is 0 Å². The highest BCUT2D eigenvalue weighted by Crippen LogP contribution is 2.42. The number of aliphatic hydroxyl groups is 2. The predicted molar refractivity (Wildman–Crippen MR) is 92.8 cm³/mol. The molecule has 3 rings (SSSR count). The fourth-order valence-corrected chi connectivity index (χ4v) is 3.45. The maximum atomic E-state index is 14.9. The number of alkyl halides is 2. The first-order chi connectivity index (χ1) is 12.4. The van der Waals surface area contributed by atoms with Gasteiger partial charge in [-0.1, -0.05) is 30.3 Å². The van der Waals surface area contributed by atoms with Crippen LogP contribution in [-0.2, 0) is 6.54 Å². The van der Waals surface area contributed by atoms with Crippen LogP contribution in [-0.4, -0.2) is 50.7 Å². The van der Waals surface area contributed by atoms with E-state index in [1.165, 1.54) is 6.20 Å². The monoisotopic (exact) mass is 363 g/mol. The first-order valence-electron chi connectivity index (χ1n) is 8.67. The lowest BCUT2D eigenvalue weighted by atomic mass is 9.86. The minimum Gasteiger partial charge on any atom is -0.393 e. The SMILES string of the molecule is Cc1ncc(C(O)CO)c(C2CCN(Cc3ccccc3)CC2(F)F)n1. The molecule has 0 saturated carbocycles. The largest absolute Gasteiger partial charge is 0.393 e. The van der Waals surface area contributed by atoms with E-state index in [4.69, 9.17) is 0 Å². The van der Waals surface area contributed by atoms with E-state index < -0.39 is 24.6 Å². The molecule has 2 N–H and O–H groups in total. The van der Waals surface area contributed by atoms with Gasteiger partial charge in [-0.15, -0.1) is 0 Å². The molecule has 1 aliphatic heterocycles. The zero-order chi connectivity index (χ0) is 18.7. The number of rotatable bonds is 5. The average molecular weight is 363 g/mol. The highest BCUT2D eigenvalue weighted by molar-refractivity contribution is 5.27. The second-order valence-corrected chi connectivity index (χ2v) is 6.75. The van der Waals surface area contributed by atoms with E-state index in [9.17, 15) is 19.0 Å². The molecule has 1 saturated heterocycles. The minimum atomic E-state index is -2.99. The van der Waals surface area contributed by atoms with Crippen molar-refractivity contribution in [2.24, 2.45) is 0 Å². The fraction of sp³-hybridized carbons (Fsp3) is 0.474. The average Bonchev–Trinajstić information content (AvgIpc) is 2.61. The molecule has 0 bridgehead atoms. The smallest absolute Gasteiger partial charge is 0.268 e. The van der Waals surface area contributed by atoms with Crippen LogP contribution in [0.4, 0.5) is 8.78 Å². The molecule has 7 heteroatoms. The first-order valence-corrected chi connectivity index (χ1v) is 8.67. The Hall–Kier alpha value is -1.96. The van der Waals surface area contributed by atoms with Crippen molar-refractivity contribution in [2.75, 3.05) is 19.7 Å². The zero-order valence-electron chi connectivity index (χ0n) is 14.6. The summed E-state index contributed by atoms with van der Waals surface area (Å²) in [5.74, 6) is -3.72. The van der Waals surface area contributed by atoms with Gasteiger partial charge in [0.15, 0.2) is 0 Å². The Bertz CT molecular complexity index is 743. The lowest BCUT2D eigenvalue weighted by Crippen LogP contribution is -2.47. The van der Waals surface area contributed by atoms with E-state index >= 15 is 0 Å². The summed E-state index contributed by atoms with van der Waals surface area (Å²) in [6, 6.07) is 9.54. The molecule has 0 radical (unpaired) electrons. The summed E-state index contributed by atoms with van der Waals surface area (Å²) in [6.07, 6.45) is 0.301. The molecule has 2 heterocycles. The standard InChI is InChI=1S/C19H23F2N3O2/c1-13-22-9-15(17(26)11-25)18(23-13)16-7-8-24(12-19(16,20)21)10-14-5-3-2-4-6-14/h2-6,9,16-17,25-26H,7-8,10-12H2,1H3. The van der Waals surface area contributed by atoms with Crippen LogP contribution in [0.25, 0.3) is 0 Å². The molecule has 1 aliphatic rings. The van der Waals surface area contributed by atoms with Gasteiger partial charge in [-0.05, 0) is 25.5 Å². The van der Waals surface area contributed by atoms with Crippen LogP contribution in [0, 0.1) is 6.92 Å². The van der Waals surface area contributed by atoms with Gasteiger partial charge in [-0.2, -0.15) is 0 Å². The van der Waals surface area contributed by atoms with Crippen molar-refractivity contribution in [2.45, 2.75) is 37.8 Å². The second-order valence-electron chi connectivity index (χ2n) is 6.75. The summed E-state index contributed by atoms with van der Waals surface area (Å²) >= 11 is 0. The van der Waals surface area contributed by atoms with Crippen molar-refractivity contribution in [1.82, 2.24) is 14.9 Å². The molecule has 0 aliphatic carbocycles. The summed E-state index contributed by atoms with van der Waals surface area (Å²) < 4.78 is 29.9. The third-order valence-electron chi connectivity index (χ3n) is 4.76. The summed E-state index contributed by atoms with van der Waals surface area (Å²) in [5.41, 5.74) is 1.32. The van der Waals surface area contributed by atoms with Gasteiger partial charge in [0.1, 0.15) is 11.9 Å². The highest BCUT2D eigenvalue weighted by atomic mass is 19.3. The lowest BCUT2D eigenvalue weighted by molar-refractivity contribution is -0.0866. The zero-order valence-corrected chi connectivity index (χ0v) is 14.6. The van der Waals surface area contributed by atoms with Crippen molar-refractivity contribution in [3.63, 3.8) is 0 Å². The van der Waals surface area contributed by atoms with Gasteiger partial charge < -0.3 is 10.2 Å². The molecule has 26 heavy (non-hydrogen) atoms. The number of piperidine rings is 1. The van der Waals surface area contributed by atoms with E-state index in [1.54, 1.807) is 11.8 Å². The molecule has 140 valence electrons. The summed E-state index contributed by atoms with van der Waals surface area (Å²) in [4.78, 5) is 9.91. The summed E-state index contributed by atoms with van der Waals surface area (Å²) in [5, 5.41) is 19.2. The lowest BCUT2D eigenvalue weighted by Gasteiger charge is -2.39. The first kappa shape index (κ1) is 18.8. The number of halogens is 2. The Morgan fingerprint density at radius 2 is 2.04 bits per heavy atom. The number of aryl methyl sites for hydroxylation is 1. The number of nitrogens with zero attached hydrogens (tertiary/aromatic N) is 3. The number of hydrogen-bond acceptors (Lipinski definition) is 5. The van der Waals surface area contributed by atoms with Gasteiger partial charge in [0, 0.05) is 18.3 Å². The minimum absolute atomic E-state index is 0.142. The van der Waals surface area contributed by atoms with E-state index in [0.29, 0.717) is 18.9 Å². The second kappa shape index (κ2) is 7.73. The summed E-state index contributed by atoms with van der Waals surface area (Å²) in [6.45, 7) is 1.67. The Balaban J connectivity index is 1.82. The molecule has 2 atom stereocenters. The maximum absolute atomic E-state index is 14.9. The van der Waals surface area contributed by atoms with Crippen molar-refractivity contribution in [3.05, 3.63) is 59.2 Å². The Morgan fingerprint density at radius 1 is 1.31 bits per heavy atom. The van der Waals surface area contributed by atoms with Crippen LogP contribution >= 0.6 is 0 Å². The van der Waals surface area contributed by atoms with Gasteiger partial charge in [0.05, 0.1) is 24.8 Å². The van der Waals surface area contributed by atoms with Crippen LogP contribution in [0.1, 0.15) is 41.1 Å². The van der Waals surface area contributed by atoms with Crippen molar-refractivity contribution in [1.29, 1.82) is 0 Å². The quantitative estimate of drug-likeness (QED) is 0.854. The molecule has 1 aromatic heterocycles. The molecule has 1 fully saturated rings. The van der Waals surface area contributed by atoms with E-state index in [1.807, 2.05) is 30.3 Å². The van der Waals surface area contributed by atoms with Crippen LogP contribution in [0.3, 0.4) is 0 Å². The molecule has 2 unspecified atom stereocenters. The molecule has 1 aromatic carbocycles. The van der Waals surface area contributed by atoms with Gasteiger partial charge in [0.2, 0.25) is 0 Å². The molecule has 2 aromatic rings. The van der Waals surface area contributed by atoms with E-state index in [2.05, 4.69) is 9.97 Å². The Morgan fingerprint density at radius 3 is 2.69 bits per heavy atom. The van der Waals surface area contributed by atoms with Crippen LogP contribution < -0.4 is 0 Å². The predicted octanol–water partition coefficient (Wildman–Crippen LogP) is 2.44. The van der Waals surface area contributed by atoms with Crippen LogP contribution in [0.5, 0.6) is 0 Å². The third-order valence-corrected chi connectivity index (χ3v) is 4.76. The van der Waals surface area contributed by atoms with Crippen LogP contribution in [0.2, 0.25) is 0 Å². The molecule has 0 spiro atoms. The third kappa shape index (κ3) is 4.06. The van der Waals surface area contributed by atoms with Gasteiger partial charge in [-0.25, -0.2) is 18.7 Å². The normalized spacial score (nSPS) is 21.5. The van der Waals surface area contributed by atoms with E-state index in [-0.39, 0.29) is 24.2 Å². The fourth-order valence-electron chi connectivity index (χ4n) is 3.45. The number of benzene rings is 1. The van der Waals surface area contributed by atoms with Crippen molar-refractivity contribution < 1.29 is 19.0 Å². The summed E-state index contributed by atoms with van der Waals surface area (Å²) in [7, 11) is 0. The van der Waals surface area contributed by atoms with Crippen LogP contribution in [0.15, 0.2) is 36.5 Å². The number of aliphatic hydroxyl groups excluding tert-OH is 2. The van der Waals surface area contributed by atoms with Crippen molar-refractivity contribution in [3.8, 4) is 0 Å². The molecular formula is C19H23F2N3O2. The number of hydrogen-bond donors (Lipinski definition) is 2. The van der Waals surface area contributed by atoms with Crippen molar-refractivity contribution >= 4 is 0 Å². The van der Waals surface area contributed by atoms with E-state index in [0.717, 1.165) is 5.56 Å². The number of likely N-dealkylation sites (tertiary alicyclic amines) is 1. The molecular weight excluding hydrogens is 340 g/mol. The van der Waals surface area contributed by atoms with Gasteiger partial charge in [-0.3, -0.25) is 4.90 Å². The Kier molecular flexibility index (Phi) is 5.60. The van der Waals surface area contributed by atoms with Gasteiger partial charge in [0.25, 0.3) is 5.92 Å². The number of aromatic nitrogens is 2. The maximum Gasteiger partial charge on any atom is 0.268 e. The Labute approximate surface area is 151 Å². The molecule has 0 amide bonds. The topological polar surface area (TPSA) is 69.5 Å². The molecule has 5 nitrogen and oxygen atoms in total. The highest BCUT2D eigenvalue weighted by Gasteiger charge is 2.47.